The smallest absolute Gasteiger partial charge is 0.328 e. The number of carbonyl (C=O) groups is 2. The van der Waals surface area contributed by atoms with Crippen molar-refractivity contribution >= 4 is 33.6 Å². The fraction of sp³-hybridized carbons (Fsp3) is 0.273. The third kappa shape index (κ3) is 4.42. The number of aliphatic carboxylic acids is 1. The number of carboxylic acids is 1. The molecule has 0 heterocycles. The number of carboxylic acid groups (broad SMARTS) is 1. The topological polar surface area (TPSA) is 87.7 Å². The molecule has 2 amide bonds. The fourth-order valence-corrected chi connectivity index (χ4v) is 1.82. The van der Waals surface area contributed by atoms with Crippen molar-refractivity contribution in [2.45, 2.75) is 6.04 Å². The zero-order valence-corrected chi connectivity index (χ0v) is 11.8. The number of urea groups is 1. The Morgan fingerprint density at radius 1 is 1.45 bits per heavy atom. The number of anilines is 1. The highest BCUT2D eigenvalue weighted by atomic mass is 79.9. The molecule has 1 rings (SSSR count). The Morgan fingerprint density at radius 2 is 2.10 bits per heavy atom. The number of carbonyl (C=O) groups excluding carboxylic acids is 1. The molecule has 0 radical (unpaired) electrons. The van der Waals surface area contributed by atoms with Gasteiger partial charge in [-0.2, -0.15) is 0 Å². The van der Waals surface area contributed by atoms with E-state index in [2.05, 4.69) is 31.3 Å². The van der Waals surface area contributed by atoms with E-state index in [0.717, 1.165) is 6.07 Å². The van der Waals surface area contributed by atoms with Crippen LogP contribution in [0.15, 0.2) is 16.6 Å². The van der Waals surface area contributed by atoms with Gasteiger partial charge in [0.2, 0.25) is 0 Å². The number of rotatable bonds is 5. The number of hydrogen-bond acceptors (Lipinski definition) is 3. The zero-order valence-electron chi connectivity index (χ0n) is 10.2. The first-order chi connectivity index (χ1) is 9.35. The minimum absolute atomic E-state index is 0.0104. The Bertz CT molecular complexity index is 504. The van der Waals surface area contributed by atoms with Crippen molar-refractivity contribution in [2.24, 2.45) is 0 Å². The lowest BCUT2D eigenvalue weighted by Gasteiger charge is -2.15. The molecule has 110 valence electrons. The highest BCUT2D eigenvalue weighted by molar-refractivity contribution is 9.10. The van der Waals surface area contributed by atoms with Gasteiger partial charge in [-0.05, 0) is 22.0 Å². The monoisotopic (exact) mass is 352 g/mol. The van der Waals surface area contributed by atoms with Crippen molar-refractivity contribution in [1.29, 1.82) is 0 Å². The summed E-state index contributed by atoms with van der Waals surface area (Å²) in [4.78, 5) is 22.4. The van der Waals surface area contributed by atoms with Crippen LogP contribution in [0.5, 0.6) is 0 Å². The van der Waals surface area contributed by atoms with Crippen LogP contribution in [-0.2, 0) is 9.53 Å². The van der Waals surface area contributed by atoms with Crippen LogP contribution >= 0.6 is 15.9 Å². The fourth-order valence-electron chi connectivity index (χ4n) is 1.31. The molecule has 1 aromatic rings. The van der Waals surface area contributed by atoms with Gasteiger partial charge in [0, 0.05) is 17.6 Å². The maximum Gasteiger partial charge on any atom is 0.328 e. The van der Waals surface area contributed by atoms with Crippen molar-refractivity contribution in [2.75, 3.05) is 19.0 Å². The molecule has 1 unspecified atom stereocenters. The molecule has 3 N–H and O–H groups in total. The van der Waals surface area contributed by atoms with Gasteiger partial charge >= 0.3 is 12.0 Å². The first-order valence-corrected chi connectivity index (χ1v) is 6.08. The summed E-state index contributed by atoms with van der Waals surface area (Å²) < 4.78 is 30.9. The molecule has 20 heavy (non-hydrogen) atoms. The molecule has 0 aliphatic heterocycles. The molecule has 0 aliphatic carbocycles. The molecule has 0 bridgehead atoms. The minimum Gasteiger partial charge on any atom is -0.480 e. The zero-order chi connectivity index (χ0) is 15.3. The average Bonchev–Trinajstić information content (AvgIpc) is 2.33. The van der Waals surface area contributed by atoms with E-state index >= 15 is 0 Å². The highest BCUT2D eigenvalue weighted by Gasteiger charge is 2.21. The number of amides is 2. The molecule has 0 aliphatic rings. The summed E-state index contributed by atoms with van der Waals surface area (Å²) in [5.41, 5.74) is -0.301. The van der Waals surface area contributed by atoms with Crippen molar-refractivity contribution in [1.82, 2.24) is 5.32 Å². The number of hydrogen-bond donors (Lipinski definition) is 3. The summed E-state index contributed by atoms with van der Waals surface area (Å²) in [5, 5.41) is 13.0. The molecule has 6 nitrogen and oxygen atoms in total. The lowest BCUT2D eigenvalue weighted by atomic mass is 10.3. The van der Waals surface area contributed by atoms with E-state index in [-0.39, 0.29) is 16.8 Å². The quantitative estimate of drug-likeness (QED) is 0.755. The van der Waals surface area contributed by atoms with Gasteiger partial charge in [0.25, 0.3) is 0 Å². The molecule has 9 heteroatoms. The van der Waals surface area contributed by atoms with Gasteiger partial charge in [-0.15, -0.1) is 0 Å². The molecule has 0 aromatic heterocycles. The molecular formula is C11H11BrF2N2O4. The molecule has 0 spiro atoms. The van der Waals surface area contributed by atoms with Crippen molar-refractivity contribution < 1.29 is 28.2 Å². The Labute approximate surface area is 121 Å². The Hall–Kier alpha value is -1.74. The van der Waals surface area contributed by atoms with E-state index in [0.29, 0.717) is 6.07 Å². The molecular weight excluding hydrogens is 342 g/mol. The third-order valence-corrected chi connectivity index (χ3v) is 2.81. The summed E-state index contributed by atoms with van der Waals surface area (Å²) in [5.74, 6) is -3.12. The van der Waals surface area contributed by atoms with E-state index in [4.69, 9.17) is 5.11 Å². The average molecular weight is 353 g/mol. The molecule has 0 saturated heterocycles. The highest BCUT2D eigenvalue weighted by Crippen LogP contribution is 2.26. The van der Waals surface area contributed by atoms with Crippen LogP contribution in [0.3, 0.4) is 0 Å². The van der Waals surface area contributed by atoms with Crippen molar-refractivity contribution in [3.05, 3.63) is 28.2 Å². The summed E-state index contributed by atoms with van der Waals surface area (Å²) in [6.07, 6.45) is 0. The summed E-state index contributed by atoms with van der Waals surface area (Å²) in [7, 11) is 1.27. The summed E-state index contributed by atoms with van der Waals surface area (Å²) >= 11 is 2.89. The third-order valence-electron chi connectivity index (χ3n) is 2.18. The van der Waals surface area contributed by atoms with Gasteiger partial charge in [0.05, 0.1) is 12.3 Å². The van der Waals surface area contributed by atoms with Crippen LogP contribution in [0.1, 0.15) is 0 Å². The van der Waals surface area contributed by atoms with Gasteiger partial charge < -0.3 is 20.5 Å². The normalized spacial score (nSPS) is 11.8. The number of halogens is 3. The van der Waals surface area contributed by atoms with E-state index < -0.39 is 29.7 Å². The molecule has 0 fully saturated rings. The van der Waals surface area contributed by atoms with E-state index in [1.54, 1.807) is 0 Å². The predicted octanol–water partition coefficient (Wildman–Crippen LogP) is 1.95. The number of methoxy groups -OCH3 is 1. The van der Waals surface area contributed by atoms with Gasteiger partial charge in [0.15, 0.2) is 11.9 Å². The maximum absolute atomic E-state index is 13.5. The number of benzene rings is 1. The van der Waals surface area contributed by atoms with Gasteiger partial charge in [-0.3, -0.25) is 0 Å². The van der Waals surface area contributed by atoms with Crippen LogP contribution in [0.25, 0.3) is 0 Å². The van der Waals surface area contributed by atoms with Crippen LogP contribution < -0.4 is 10.6 Å². The standard InChI is InChI=1S/C11H11BrF2N2O4/c1-20-4-8(10(17)18)15-11(19)16-9-6(12)2-5(13)3-7(9)14/h2-3,8H,4H2,1H3,(H,17,18)(H2,15,16,19). The van der Waals surface area contributed by atoms with Gasteiger partial charge in [0.1, 0.15) is 5.82 Å². The first-order valence-electron chi connectivity index (χ1n) is 5.29. The van der Waals surface area contributed by atoms with Gasteiger partial charge in [-0.25, -0.2) is 18.4 Å². The molecule has 1 aromatic carbocycles. The first kappa shape index (κ1) is 16.3. The summed E-state index contributed by atoms with van der Waals surface area (Å²) in [6.45, 7) is -0.254. The summed E-state index contributed by atoms with van der Waals surface area (Å²) in [6, 6.07) is -0.699. The largest absolute Gasteiger partial charge is 0.480 e. The lowest BCUT2D eigenvalue weighted by molar-refractivity contribution is -0.140. The van der Waals surface area contributed by atoms with E-state index in [1.165, 1.54) is 7.11 Å². The lowest BCUT2D eigenvalue weighted by Crippen LogP contribution is -2.45. The maximum atomic E-state index is 13.5. The second kappa shape index (κ2) is 7.15. The Balaban J connectivity index is 2.78. The molecule has 1 atom stereocenters. The van der Waals surface area contributed by atoms with Crippen LogP contribution in [-0.4, -0.2) is 36.9 Å². The van der Waals surface area contributed by atoms with Gasteiger partial charge in [-0.1, -0.05) is 0 Å². The van der Waals surface area contributed by atoms with Crippen molar-refractivity contribution in [3.8, 4) is 0 Å². The van der Waals surface area contributed by atoms with E-state index in [9.17, 15) is 18.4 Å². The second-order valence-corrected chi connectivity index (χ2v) is 4.54. The second-order valence-electron chi connectivity index (χ2n) is 3.69. The van der Waals surface area contributed by atoms with Crippen LogP contribution in [0, 0.1) is 11.6 Å². The number of ether oxygens (including phenoxy) is 1. The predicted molar refractivity (Wildman–Crippen MR) is 69.5 cm³/mol. The Kier molecular flexibility index (Phi) is 5.83. The van der Waals surface area contributed by atoms with E-state index in [1.807, 2.05) is 0 Å². The molecule has 0 saturated carbocycles. The van der Waals surface area contributed by atoms with Crippen LogP contribution in [0.4, 0.5) is 19.3 Å². The van der Waals surface area contributed by atoms with Crippen LogP contribution in [0.2, 0.25) is 0 Å². The number of nitrogens with one attached hydrogen (secondary N) is 2. The van der Waals surface area contributed by atoms with Crippen molar-refractivity contribution in [3.63, 3.8) is 0 Å². The minimum atomic E-state index is -1.30. The Morgan fingerprint density at radius 3 is 2.60 bits per heavy atom. The SMILES string of the molecule is COCC(NC(=O)Nc1c(F)cc(F)cc1Br)C(=O)O.